The summed E-state index contributed by atoms with van der Waals surface area (Å²) in [6.07, 6.45) is 1.29. The Bertz CT molecular complexity index is 330. The molecule has 1 fully saturated rings. The van der Waals surface area contributed by atoms with Crippen molar-refractivity contribution in [3.05, 3.63) is 29.3 Å². The van der Waals surface area contributed by atoms with E-state index in [9.17, 15) is 0 Å². The van der Waals surface area contributed by atoms with Gasteiger partial charge in [0.25, 0.3) is 0 Å². The number of benzene rings is 1. The van der Waals surface area contributed by atoms with Gasteiger partial charge in [-0.25, -0.2) is 0 Å². The predicted octanol–water partition coefficient (Wildman–Crippen LogP) is 2.92. The fraction of sp³-hybridized carbons (Fsp3) is 0.538. The Kier molecular flexibility index (Phi) is 3.72. The molecule has 1 aromatic rings. The minimum Gasteiger partial charge on any atom is -0.368 e. The quantitative estimate of drug-likeness (QED) is 0.868. The van der Waals surface area contributed by atoms with E-state index in [0.717, 1.165) is 18.1 Å². The zero-order valence-corrected chi connectivity index (χ0v) is 10.7. The molecular weight excluding hydrogens is 220 g/mol. The molecule has 1 aliphatic rings. The van der Waals surface area contributed by atoms with E-state index in [1.807, 2.05) is 12.1 Å². The van der Waals surface area contributed by atoms with Crippen LogP contribution in [-0.2, 0) is 0 Å². The fourth-order valence-corrected chi connectivity index (χ4v) is 2.11. The van der Waals surface area contributed by atoms with Crippen LogP contribution in [0.1, 0.15) is 20.3 Å². The van der Waals surface area contributed by atoms with Gasteiger partial charge in [0.1, 0.15) is 0 Å². The van der Waals surface area contributed by atoms with Crippen molar-refractivity contribution < 1.29 is 0 Å². The van der Waals surface area contributed by atoms with Gasteiger partial charge < -0.3 is 10.2 Å². The standard InChI is InChI=1S/C13H19ClN2/c1-10(2)16(9-12-7-8-15-12)13-5-3-11(14)4-6-13/h3-6,10,12,15H,7-9H2,1-2H3. The van der Waals surface area contributed by atoms with Gasteiger partial charge in [0.2, 0.25) is 0 Å². The number of halogens is 1. The predicted molar refractivity (Wildman–Crippen MR) is 70.3 cm³/mol. The van der Waals surface area contributed by atoms with Crippen molar-refractivity contribution in [2.45, 2.75) is 32.4 Å². The summed E-state index contributed by atoms with van der Waals surface area (Å²) in [6, 6.07) is 9.28. The average molecular weight is 239 g/mol. The molecule has 1 saturated heterocycles. The van der Waals surface area contributed by atoms with Gasteiger partial charge >= 0.3 is 0 Å². The van der Waals surface area contributed by atoms with E-state index in [1.54, 1.807) is 0 Å². The van der Waals surface area contributed by atoms with Crippen LogP contribution in [-0.4, -0.2) is 25.2 Å². The molecule has 0 aliphatic carbocycles. The van der Waals surface area contributed by atoms with E-state index in [1.165, 1.54) is 12.1 Å². The minimum atomic E-state index is 0.517. The summed E-state index contributed by atoms with van der Waals surface area (Å²) in [5.41, 5.74) is 1.26. The molecule has 1 heterocycles. The Labute approximate surface area is 103 Å². The largest absolute Gasteiger partial charge is 0.368 e. The normalized spacial score (nSPS) is 19.6. The summed E-state index contributed by atoms with van der Waals surface area (Å²) in [7, 11) is 0. The summed E-state index contributed by atoms with van der Waals surface area (Å²) in [4.78, 5) is 2.42. The van der Waals surface area contributed by atoms with Gasteiger partial charge in [0, 0.05) is 29.3 Å². The van der Waals surface area contributed by atoms with Gasteiger partial charge in [-0.05, 0) is 51.1 Å². The lowest BCUT2D eigenvalue weighted by molar-refractivity contribution is 0.364. The number of rotatable bonds is 4. The van der Waals surface area contributed by atoms with E-state index in [0.29, 0.717) is 12.1 Å². The van der Waals surface area contributed by atoms with E-state index in [2.05, 4.69) is 36.2 Å². The first kappa shape index (κ1) is 11.7. The van der Waals surface area contributed by atoms with Crippen molar-refractivity contribution in [3.8, 4) is 0 Å². The molecule has 1 atom stereocenters. The number of hydrogen-bond acceptors (Lipinski definition) is 2. The van der Waals surface area contributed by atoms with Crippen LogP contribution in [0.25, 0.3) is 0 Å². The monoisotopic (exact) mass is 238 g/mol. The van der Waals surface area contributed by atoms with Gasteiger partial charge in [-0.15, -0.1) is 0 Å². The summed E-state index contributed by atoms with van der Waals surface area (Å²) in [5.74, 6) is 0. The highest BCUT2D eigenvalue weighted by Gasteiger charge is 2.21. The first-order chi connectivity index (χ1) is 7.66. The van der Waals surface area contributed by atoms with Crippen molar-refractivity contribution in [2.75, 3.05) is 18.0 Å². The Hall–Kier alpha value is -0.730. The smallest absolute Gasteiger partial charge is 0.0407 e. The molecule has 1 unspecified atom stereocenters. The van der Waals surface area contributed by atoms with E-state index in [4.69, 9.17) is 11.6 Å². The molecule has 0 radical (unpaired) electrons. The first-order valence-corrected chi connectivity index (χ1v) is 6.30. The lowest BCUT2D eigenvalue weighted by Gasteiger charge is -2.37. The van der Waals surface area contributed by atoms with Crippen molar-refractivity contribution in [3.63, 3.8) is 0 Å². The molecule has 2 nitrogen and oxygen atoms in total. The molecule has 0 saturated carbocycles. The second kappa shape index (κ2) is 5.07. The highest BCUT2D eigenvalue weighted by Crippen LogP contribution is 2.21. The van der Waals surface area contributed by atoms with E-state index >= 15 is 0 Å². The third-order valence-electron chi connectivity index (χ3n) is 3.12. The fourth-order valence-electron chi connectivity index (χ4n) is 1.99. The molecule has 88 valence electrons. The van der Waals surface area contributed by atoms with Crippen molar-refractivity contribution >= 4 is 17.3 Å². The second-order valence-corrected chi connectivity index (χ2v) is 5.10. The lowest BCUT2D eigenvalue weighted by atomic mass is 10.1. The minimum absolute atomic E-state index is 0.517. The van der Waals surface area contributed by atoms with Crippen LogP contribution in [0.5, 0.6) is 0 Å². The molecule has 0 amide bonds. The zero-order chi connectivity index (χ0) is 11.5. The molecule has 3 heteroatoms. The first-order valence-electron chi connectivity index (χ1n) is 5.92. The van der Waals surface area contributed by atoms with Crippen LogP contribution in [0.15, 0.2) is 24.3 Å². The third kappa shape index (κ3) is 2.69. The van der Waals surface area contributed by atoms with Crippen molar-refractivity contribution in [1.29, 1.82) is 0 Å². The molecular formula is C13H19ClN2. The van der Waals surface area contributed by atoms with Crippen LogP contribution in [0.2, 0.25) is 5.02 Å². The van der Waals surface area contributed by atoms with Crippen LogP contribution in [0.3, 0.4) is 0 Å². The maximum absolute atomic E-state index is 5.91. The Morgan fingerprint density at radius 1 is 1.38 bits per heavy atom. The van der Waals surface area contributed by atoms with Crippen LogP contribution >= 0.6 is 11.6 Å². The molecule has 2 rings (SSSR count). The molecule has 16 heavy (non-hydrogen) atoms. The summed E-state index contributed by atoms with van der Waals surface area (Å²) < 4.78 is 0. The van der Waals surface area contributed by atoms with Crippen molar-refractivity contribution in [2.24, 2.45) is 0 Å². The second-order valence-electron chi connectivity index (χ2n) is 4.66. The summed E-state index contributed by atoms with van der Waals surface area (Å²) in [6.45, 7) is 6.71. The molecule has 1 aliphatic heterocycles. The number of nitrogens with zero attached hydrogens (tertiary/aromatic N) is 1. The van der Waals surface area contributed by atoms with E-state index in [-0.39, 0.29) is 0 Å². The van der Waals surface area contributed by atoms with Crippen LogP contribution in [0.4, 0.5) is 5.69 Å². The lowest BCUT2D eigenvalue weighted by Crippen LogP contribution is -2.51. The van der Waals surface area contributed by atoms with Gasteiger partial charge in [-0.2, -0.15) is 0 Å². The van der Waals surface area contributed by atoms with Crippen LogP contribution < -0.4 is 10.2 Å². The molecule has 0 spiro atoms. The van der Waals surface area contributed by atoms with Crippen LogP contribution in [0, 0.1) is 0 Å². The number of anilines is 1. The summed E-state index contributed by atoms with van der Waals surface area (Å²) >= 11 is 5.91. The van der Waals surface area contributed by atoms with Crippen molar-refractivity contribution in [1.82, 2.24) is 5.32 Å². The van der Waals surface area contributed by atoms with E-state index < -0.39 is 0 Å². The third-order valence-corrected chi connectivity index (χ3v) is 3.38. The van der Waals surface area contributed by atoms with Gasteiger partial charge in [0.05, 0.1) is 0 Å². The molecule has 1 aromatic carbocycles. The average Bonchev–Trinajstić information content (AvgIpc) is 2.18. The molecule has 1 N–H and O–H groups in total. The topological polar surface area (TPSA) is 15.3 Å². The van der Waals surface area contributed by atoms with Gasteiger partial charge in [-0.3, -0.25) is 0 Å². The van der Waals surface area contributed by atoms with Gasteiger partial charge in [-0.1, -0.05) is 11.6 Å². The maximum Gasteiger partial charge on any atom is 0.0407 e. The highest BCUT2D eigenvalue weighted by molar-refractivity contribution is 6.30. The summed E-state index contributed by atoms with van der Waals surface area (Å²) in [5, 5.41) is 4.24. The Balaban J connectivity index is 2.08. The number of hydrogen-bond donors (Lipinski definition) is 1. The Morgan fingerprint density at radius 2 is 2.00 bits per heavy atom. The molecule has 0 aromatic heterocycles. The highest BCUT2D eigenvalue weighted by atomic mass is 35.5. The Morgan fingerprint density at radius 3 is 2.44 bits per heavy atom. The molecule has 0 bridgehead atoms. The SMILES string of the molecule is CC(C)N(CC1CCN1)c1ccc(Cl)cc1. The maximum atomic E-state index is 5.91. The number of nitrogens with one attached hydrogen (secondary N) is 1. The zero-order valence-electron chi connectivity index (χ0n) is 9.91. The van der Waals surface area contributed by atoms with Gasteiger partial charge in [0.15, 0.2) is 0 Å².